The number of carbonyl (C=O) groups is 2. The first kappa shape index (κ1) is 29.0. The number of aromatic nitrogens is 1. The third kappa shape index (κ3) is 7.77. The largest absolute Gasteiger partial charge is 0.488 e. The van der Waals surface area contributed by atoms with Crippen LogP contribution >= 0.6 is 0 Å². The molecule has 10 heteroatoms. The monoisotopic (exact) mass is 549 g/mol. The highest BCUT2D eigenvalue weighted by molar-refractivity contribution is 5.99. The quantitative estimate of drug-likeness (QED) is 0.390. The van der Waals surface area contributed by atoms with Crippen molar-refractivity contribution in [3.05, 3.63) is 83.9 Å². The number of likely N-dealkylation sites (N-methyl/N-ethyl adjacent to an activating group) is 1. The van der Waals surface area contributed by atoms with Crippen LogP contribution in [-0.4, -0.2) is 70.7 Å². The molecule has 1 aliphatic heterocycles. The van der Waals surface area contributed by atoms with Gasteiger partial charge in [0.05, 0.1) is 19.1 Å². The van der Waals surface area contributed by atoms with Crippen LogP contribution in [0.4, 0.5) is 20.6 Å². The van der Waals surface area contributed by atoms with E-state index in [0.29, 0.717) is 42.3 Å². The van der Waals surface area contributed by atoms with Gasteiger partial charge in [0, 0.05) is 54.9 Å². The van der Waals surface area contributed by atoms with Crippen molar-refractivity contribution >= 4 is 23.3 Å². The van der Waals surface area contributed by atoms with Crippen LogP contribution in [0.15, 0.2) is 67.0 Å². The Labute approximate surface area is 234 Å². The highest BCUT2D eigenvalue weighted by Crippen LogP contribution is 2.29. The number of nitrogens with one attached hydrogen (secondary N) is 2. The summed E-state index contributed by atoms with van der Waals surface area (Å²) in [5.74, 6) is 0.0273. The summed E-state index contributed by atoms with van der Waals surface area (Å²) in [6, 6.07) is 13.8. The molecule has 2 heterocycles. The second kappa shape index (κ2) is 13.4. The fraction of sp³-hybridized carbons (Fsp3) is 0.367. The van der Waals surface area contributed by atoms with E-state index in [1.54, 1.807) is 35.5 Å². The number of amides is 3. The summed E-state index contributed by atoms with van der Waals surface area (Å²) in [5, 5.41) is 15.3. The van der Waals surface area contributed by atoms with E-state index in [-0.39, 0.29) is 37.0 Å². The van der Waals surface area contributed by atoms with E-state index in [1.165, 1.54) is 24.3 Å². The fourth-order valence-electron chi connectivity index (χ4n) is 4.72. The number of hydrogen-bond acceptors (Lipinski definition) is 6. The molecule has 0 bridgehead atoms. The number of benzene rings is 2. The van der Waals surface area contributed by atoms with Gasteiger partial charge < -0.3 is 25.4 Å². The summed E-state index contributed by atoms with van der Waals surface area (Å²) in [6.07, 6.45) is 3.35. The van der Waals surface area contributed by atoms with E-state index in [2.05, 4.69) is 27.4 Å². The second-order valence-corrected chi connectivity index (χ2v) is 10.3. The average Bonchev–Trinajstić information content (AvgIpc) is 2.97. The first-order valence-corrected chi connectivity index (χ1v) is 13.3. The minimum Gasteiger partial charge on any atom is -0.488 e. The minimum absolute atomic E-state index is 0.0249. The molecule has 1 aromatic heterocycles. The zero-order valence-electron chi connectivity index (χ0n) is 23.0. The van der Waals surface area contributed by atoms with Crippen LogP contribution in [0.25, 0.3) is 0 Å². The second-order valence-electron chi connectivity index (χ2n) is 10.3. The van der Waals surface area contributed by atoms with Gasteiger partial charge >= 0.3 is 6.03 Å². The molecule has 0 saturated heterocycles. The molecule has 1 aliphatic rings. The van der Waals surface area contributed by atoms with Crippen LogP contribution in [-0.2, 0) is 17.8 Å². The van der Waals surface area contributed by atoms with Crippen molar-refractivity contribution in [2.75, 3.05) is 37.4 Å². The Morgan fingerprint density at radius 1 is 1.15 bits per heavy atom. The fourth-order valence-corrected chi connectivity index (χ4v) is 4.72. The molecular formula is C30H36FN5O4. The van der Waals surface area contributed by atoms with Crippen LogP contribution in [0.1, 0.15) is 25.0 Å². The molecular weight excluding hydrogens is 513 g/mol. The highest BCUT2D eigenvalue weighted by Gasteiger charge is 2.31. The van der Waals surface area contributed by atoms with Crippen LogP contribution in [0.3, 0.4) is 0 Å². The van der Waals surface area contributed by atoms with E-state index in [0.717, 1.165) is 5.56 Å². The Hall–Kier alpha value is -4.02. The van der Waals surface area contributed by atoms with Crippen molar-refractivity contribution in [2.45, 2.75) is 39.0 Å². The number of rotatable bonds is 8. The van der Waals surface area contributed by atoms with Crippen molar-refractivity contribution < 1.29 is 23.8 Å². The number of fused-ring (bicyclic) bond motifs is 1. The number of pyridine rings is 1. The number of urea groups is 1. The summed E-state index contributed by atoms with van der Waals surface area (Å²) >= 11 is 0. The first-order chi connectivity index (χ1) is 19.2. The van der Waals surface area contributed by atoms with Gasteiger partial charge in [-0.15, -0.1) is 0 Å². The van der Waals surface area contributed by atoms with Gasteiger partial charge in [0.15, 0.2) is 0 Å². The van der Waals surface area contributed by atoms with Gasteiger partial charge in [-0.1, -0.05) is 6.92 Å². The number of nitrogens with zero attached hydrogens (tertiary/aromatic N) is 3. The van der Waals surface area contributed by atoms with Crippen molar-refractivity contribution in [2.24, 2.45) is 5.92 Å². The van der Waals surface area contributed by atoms with Crippen LogP contribution in [0, 0.1) is 11.7 Å². The first-order valence-electron chi connectivity index (χ1n) is 13.3. The van der Waals surface area contributed by atoms with E-state index >= 15 is 0 Å². The molecule has 3 N–H and O–H groups in total. The predicted molar refractivity (Wildman–Crippen MR) is 152 cm³/mol. The number of hydrogen-bond donors (Lipinski definition) is 3. The normalized spacial score (nSPS) is 18.1. The summed E-state index contributed by atoms with van der Waals surface area (Å²) in [4.78, 5) is 33.9. The maximum Gasteiger partial charge on any atom is 0.323 e. The number of anilines is 2. The van der Waals surface area contributed by atoms with Crippen molar-refractivity contribution in [3.63, 3.8) is 0 Å². The van der Waals surface area contributed by atoms with E-state index in [4.69, 9.17) is 4.74 Å². The van der Waals surface area contributed by atoms with E-state index < -0.39 is 11.8 Å². The Morgan fingerprint density at radius 3 is 2.52 bits per heavy atom. The lowest BCUT2D eigenvalue weighted by Crippen LogP contribution is -2.47. The molecule has 3 aromatic rings. The Balaban J connectivity index is 1.55. The average molecular weight is 550 g/mol. The zero-order chi connectivity index (χ0) is 28.6. The summed E-state index contributed by atoms with van der Waals surface area (Å²) in [7, 11) is 2.02. The lowest BCUT2D eigenvalue weighted by molar-refractivity contribution is -0.134. The number of aliphatic hydroxyl groups excluding tert-OH is 1. The maximum absolute atomic E-state index is 13.4. The molecule has 3 atom stereocenters. The van der Waals surface area contributed by atoms with E-state index in [1.807, 2.05) is 26.1 Å². The molecule has 0 radical (unpaired) electrons. The third-order valence-corrected chi connectivity index (χ3v) is 6.97. The van der Waals surface area contributed by atoms with Crippen LogP contribution in [0.2, 0.25) is 0 Å². The highest BCUT2D eigenvalue weighted by atomic mass is 19.1. The lowest BCUT2D eigenvalue weighted by atomic mass is 10.0. The van der Waals surface area contributed by atoms with Crippen LogP contribution in [0.5, 0.6) is 5.75 Å². The van der Waals surface area contributed by atoms with Crippen molar-refractivity contribution in [1.82, 2.24) is 14.8 Å². The van der Waals surface area contributed by atoms with Gasteiger partial charge in [-0.25, -0.2) is 9.18 Å². The Morgan fingerprint density at radius 2 is 1.82 bits per heavy atom. The molecule has 0 aliphatic carbocycles. The van der Waals surface area contributed by atoms with Crippen LogP contribution < -0.4 is 15.4 Å². The smallest absolute Gasteiger partial charge is 0.323 e. The topological polar surface area (TPSA) is 107 Å². The predicted octanol–water partition coefficient (Wildman–Crippen LogP) is 4.15. The van der Waals surface area contributed by atoms with Gasteiger partial charge in [-0.05, 0) is 74.1 Å². The van der Waals surface area contributed by atoms with Crippen molar-refractivity contribution in [1.29, 1.82) is 0 Å². The van der Waals surface area contributed by atoms with Gasteiger partial charge in [0.1, 0.15) is 17.7 Å². The summed E-state index contributed by atoms with van der Waals surface area (Å²) < 4.78 is 19.7. The number of carbonyl (C=O) groups excluding carboxylic acids is 2. The van der Waals surface area contributed by atoms with Gasteiger partial charge in [0.25, 0.3) is 0 Å². The van der Waals surface area contributed by atoms with E-state index in [9.17, 15) is 19.1 Å². The lowest BCUT2D eigenvalue weighted by Gasteiger charge is -2.34. The maximum atomic E-state index is 13.4. The molecule has 9 nitrogen and oxygen atoms in total. The van der Waals surface area contributed by atoms with Gasteiger partial charge in [0.2, 0.25) is 5.91 Å². The summed E-state index contributed by atoms with van der Waals surface area (Å²) in [6.45, 7) is 5.49. The Bertz CT molecular complexity index is 1290. The Kier molecular flexibility index (Phi) is 9.68. The number of ether oxygens (including phenoxy) is 1. The van der Waals surface area contributed by atoms with Crippen molar-refractivity contribution in [3.8, 4) is 5.75 Å². The molecule has 212 valence electrons. The minimum atomic E-state index is -0.498. The molecule has 0 fully saturated rings. The number of aliphatic hydroxyl groups is 1. The van der Waals surface area contributed by atoms with Gasteiger partial charge in [-0.2, -0.15) is 0 Å². The van der Waals surface area contributed by atoms with Gasteiger partial charge in [-0.3, -0.25) is 14.7 Å². The standard InChI is InChI=1S/C30H36FN5O4/c1-20-16-36(21(2)19-37)29(38)15-23-14-26(34-30(39)33-25-6-4-24(31)5-7-25)8-9-27(23)40-28(20)18-35(3)17-22-10-12-32-13-11-22/h4-14,20-21,28,37H,15-19H2,1-3H3,(H2,33,34,39)/t20-,21+,28-/m1/s1. The molecule has 0 saturated carbocycles. The molecule has 2 aromatic carbocycles. The molecule has 40 heavy (non-hydrogen) atoms. The molecule has 0 unspecified atom stereocenters. The molecule has 4 rings (SSSR count). The number of halogens is 1. The SMILES string of the molecule is C[C@@H]1CN([C@@H](C)CO)C(=O)Cc2cc(NC(=O)Nc3ccc(F)cc3)ccc2O[C@@H]1CN(C)Cc1ccncc1. The molecule has 0 spiro atoms. The molecule has 3 amide bonds. The zero-order valence-corrected chi connectivity index (χ0v) is 23.0. The third-order valence-electron chi connectivity index (χ3n) is 6.97. The summed E-state index contributed by atoms with van der Waals surface area (Å²) in [5.41, 5.74) is 2.70.